The van der Waals surface area contributed by atoms with Gasteiger partial charge in [0.1, 0.15) is 6.61 Å². The highest BCUT2D eigenvalue weighted by Gasteiger charge is 2.28. The summed E-state index contributed by atoms with van der Waals surface area (Å²) in [6, 6.07) is 5.17. The van der Waals surface area contributed by atoms with Gasteiger partial charge in [-0.2, -0.15) is 0 Å². The molecule has 1 aromatic carbocycles. The predicted octanol–water partition coefficient (Wildman–Crippen LogP) is 2.20. The number of methoxy groups -OCH3 is 1. The van der Waals surface area contributed by atoms with Crippen LogP contribution in [0.25, 0.3) is 0 Å². The highest BCUT2D eigenvalue weighted by Crippen LogP contribution is 2.31. The van der Waals surface area contributed by atoms with Gasteiger partial charge in [-0.25, -0.2) is 4.98 Å². The molecule has 2 aromatic rings. The summed E-state index contributed by atoms with van der Waals surface area (Å²) in [5.41, 5.74) is 9.15. The van der Waals surface area contributed by atoms with Crippen molar-refractivity contribution in [3.05, 3.63) is 40.3 Å². The van der Waals surface area contributed by atoms with Gasteiger partial charge in [0.05, 0.1) is 18.3 Å². The Morgan fingerprint density at radius 3 is 2.96 bits per heavy atom. The van der Waals surface area contributed by atoms with Crippen LogP contribution in [-0.2, 0) is 6.61 Å². The molecule has 1 heterocycles. The van der Waals surface area contributed by atoms with Crippen molar-refractivity contribution in [2.45, 2.75) is 25.5 Å². The van der Waals surface area contributed by atoms with E-state index in [9.17, 15) is 4.79 Å². The number of rotatable bonds is 8. The van der Waals surface area contributed by atoms with E-state index in [1.165, 1.54) is 11.3 Å². The lowest BCUT2D eigenvalue weighted by molar-refractivity contribution is 0.0950. The zero-order chi connectivity index (χ0) is 16.9. The number of aromatic nitrogens is 1. The number of thiazole rings is 1. The van der Waals surface area contributed by atoms with Gasteiger partial charge in [0.2, 0.25) is 0 Å². The van der Waals surface area contributed by atoms with Crippen LogP contribution in [0.1, 0.15) is 28.9 Å². The fraction of sp³-hybridized carbons (Fsp3) is 0.412. The van der Waals surface area contributed by atoms with Gasteiger partial charge in [0.15, 0.2) is 11.5 Å². The first-order chi connectivity index (χ1) is 11.7. The Labute approximate surface area is 145 Å². The molecule has 1 aliphatic carbocycles. The van der Waals surface area contributed by atoms with Gasteiger partial charge >= 0.3 is 0 Å². The molecule has 0 bridgehead atoms. The Kier molecular flexibility index (Phi) is 5.32. The second kappa shape index (κ2) is 7.63. The summed E-state index contributed by atoms with van der Waals surface area (Å²) in [5.74, 6) is 1.50. The Morgan fingerprint density at radius 1 is 1.46 bits per heavy atom. The predicted molar refractivity (Wildman–Crippen MR) is 92.5 cm³/mol. The van der Waals surface area contributed by atoms with Gasteiger partial charge in [-0.05, 0) is 37.0 Å². The lowest BCUT2D eigenvalue weighted by atomic mass is 10.1. The van der Waals surface area contributed by atoms with E-state index in [1.54, 1.807) is 30.8 Å². The van der Waals surface area contributed by atoms with E-state index < -0.39 is 0 Å². The quantitative estimate of drug-likeness (QED) is 0.764. The monoisotopic (exact) mass is 347 g/mol. The van der Waals surface area contributed by atoms with Crippen LogP contribution in [0.5, 0.6) is 11.5 Å². The smallest absolute Gasteiger partial charge is 0.251 e. The number of nitrogens with one attached hydrogen (secondary N) is 1. The summed E-state index contributed by atoms with van der Waals surface area (Å²) in [7, 11) is 1.55. The third-order valence-electron chi connectivity index (χ3n) is 4.01. The Morgan fingerprint density at radius 2 is 2.29 bits per heavy atom. The van der Waals surface area contributed by atoms with E-state index in [-0.39, 0.29) is 11.9 Å². The lowest BCUT2D eigenvalue weighted by Gasteiger charge is -2.13. The van der Waals surface area contributed by atoms with E-state index >= 15 is 0 Å². The van der Waals surface area contributed by atoms with Crippen LogP contribution >= 0.6 is 11.3 Å². The molecule has 0 radical (unpaired) electrons. The third kappa shape index (κ3) is 4.24. The maximum atomic E-state index is 12.2. The molecule has 24 heavy (non-hydrogen) atoms. The molecule has 1 saturated carbocycles. The SMILES string of the molecule is COc1cc(C(=O)NCC(N)C2CC2)ccc1OCc1cscn1. The van der Waals surface area contributed by atoms with Crippen molar-refractivity contribution in [2.24, 2.45) is 11.7 Å². The normalized spacial score (nSPS) is 14.9. The first kappa shape index (κ1) is 16.7. The number of carbonyl (C=O) groups is 1. The largest absolute Gasteiger partial charge is 0.493 e. The highest BCUT2D eigenvalue weighted by molar-refractivity contribution is 7.07. The van der Waals surface area contributed by atoms with Gasteiger partial charge in [0.25, 0.3) is 5.91 Å². The molecule has 1 unspecified atom stereocenters. The van der Waals surface area contributed by atoms with E-state index in [4.69, 9.17) is 15.2 Å². The number of hydrogen-bond acceptors (Lipinski definition) is 6. The molecule has 1 aromatic heterocycles. The van der Waals surface area contributed by atoms with Crippen LogP contribution in [0.15, 0.2) is 29.1 Å². The number of hydrogen-bond donors (Lipinski definition) is 2. The molecule has 128 valence electrons. The molecule has 1 amide bonds. The van der Waals surface area contributed by atoms with Gasteiger partial charge in [-0.15, -0.1) is 11.3 Å². The molecule has 0 aliphatic heterocycles. The van der Waals surface area contributed by atoms with Crippen molar-refractivity contribution in [1.29, 1.82) is 0 Å². The fourth-order valence-corrected chi connectivity index (χ4v) is 2.94. The van der Waals surface area contributed by atoms with E-state index in [2.05, 4.69) is 10.3 Å². The number of ether oxygens (including phenoxy) is 2. The van der Waals surface area contributed by atoms with Gasteiger partial charge in [-0.1, -0.05) is 0 Å². The van der Waals surface area contributed by atoms with Crippen LogP contribution in [0.2, 0.25) is 0 Å². The first-order valence-corrected chi connectivity index (χ1v) is 8.83. The second-order valence-corrected chi connectivity index (χ2v) is 6.56. The van der Waals surface area contributed by atoms with Crippen molar-refractivity contribution in [2.75, 3.05) is 13.7 Å². The summed E-state index contributed by atoms with van der Waals surface area (Å²) < 4.78 is 11.0. The van der Waals surface area contributed by atoms with Crippen molar-refractivity contribution in [1.82, 2.24) is 10.3 Å². The minimum absolute atomic E-state index is 0.0385. The summed E-state index contributed by atoms with van der Waals surface area (Å²) in [6.45, 7) is 0.857. The first-order valence-electron chi connectivity index (χ1n) is 7.89. The third-order valence-corrected chi connectivity index (χ3v) is 4.65. The number of carbonyl (C=O) groups excluding carboxylic acids is 1. The Hall–Kier alpha value is -2.12. The fourth-order valence-electron chi connectivity index (χ4n) is 2.39. The van der Waals surface area contributed by atoms with Gasteiger partial charge < -0.3 is 20.5 Å². The number of nitrogens with two attached hydrogens (primary N) is 1. The second-order valence-electron chi connectivity index (χ2n) is 5.85. The molecular weight excluding hydrogens is 326 g/mol. The van der Waals surface area contributed by atoms with Crippen LogP contribution in [0.3, 0.4) is 0 Å². The van der Waals surface area contributed by atoms with Gasteiger partial charge in [-0.3, -0.25) is 4.79 Å². The van der Waals surface area contributed by atoms with Crippen molar-refractivity contribution < 1.29 is 14.3 Å². The van der Waals surface area contributed by atoms with Crippen molar-refractivity contribution in [3.8, 4) is 11.5 Å². The Bertz CT molecular complexity index is 686. The van der Waals surface area contributed by atoms with E-state index in [1.807, 2.05) is 5.38 Å². The molecular formula is C17H21N3O3S. The molecule has 0 saturated heterocycles. The van der Waals surface area contributed by atoms with E-state index in [0.717, 1.165) is 18.5 Å². The highest BCUT2D eigenvalue weighted by atomic mass is 32.1. The van der Waals surface area contributed by atoms with Crippen molar-refractivity contribution in [3.63, 3.8) is 0 Å². The maximum Gasteiger partial charge on any atom is 0.251 e. The summed E-state index contributed by atoms with van der Waals surface area (Å²) in [5, 5.41) is 4.80. The average Bonchev–Trinajstić information content (AvgIpc) is 3.33. The summed E-state index contributed by atoms with van der Waals surface area (Å²) >= 11 is 1.52. The minimum Gasteiger partial charge on any atom is -0.493 e. The van der Waals surface area contributed by atoms with Crippen molar-refractivity contribution >= 4 is 17.2 Å². The number of amides is 1. The van der Waals surface area contributed by atoms with Crippen LogP contribution < -0.4 is 20.5 Å². The lowest BCUT2D eigenvalue weighted by Crippen LogP contribution is -2.38. The van der Waals surface area contributed by atoms with Crippen LogP contribution in [0.4, 0.5) is 0 Å². The zero-order valence-electron chi connectivity index (χ0n) is 13.5. The molecule has 7 heteroatoms. The van der Waals surface area contributed by atoms with Crippen LogP contribution in [0, 0.1) is 5.92 Å². The Balaban J connectivity index is 1.60. The molecule has 1 atom stereocenters. The molecule has 3 rings (SSSR count). The van der Waals surface area contributed by atoms with Gasteiger partial charge in [0, 0.05) is 23.5 Å². The molecule has 3 N–H and O–H groups in total. The molecule has 1 aliphatic rings. The topological polar surface area (TPSA) is 86.5 Å². The molecule has 0 spiro atoms. The van der Waals surface area contributed by atoms with Crippen LogP contribution in [-0.4, -0.2) is 30.6 Å². The number of nitrogens with zero attached hydrogens (tertiary/aromatic N) is 1. The zero-order valence-corrected chi connectivity index (χ0v) is 14.3. The van der Waals surface area contributed by atoms with E-state index in [0.29, 0.717) is 36.1 Å². The molecule has 1 fully saturated rings. The average molecular weight is 347 g/mol. The summed E-state index contributed by atoms with van der Waals surface area (Å²) in [6.07, 6.45) is 2.33. The molecule has 6 nitrogen and oxygen atoms in total. The summed E-state index contributed by atoms with van der Waals surface area (Å²) in [4.78, 5) is 16.4. The standard InChI is InChI=1S/C17H21N3O3S/c1-22-16-6-12(17(21)19-7-14(18)11-2-3-11)4-5-15(16)23-8-13-9-24-10-20-13/h4-6,9-11,14H,2-3,7-8,18H2,1H3,(H,19,21). The minimum atomic E-state index is -0.157. The number of benzene rings is 1. The maximum absolute atomic E-state index is 12.2.